The highest BCUT2D eigenvalue weighted by Crippen LogP contribution is 2.34. The number of hydrogen-bond acceptors (Lipinski definition) is 6. The van der Waals surface area contributed by atoms with Crippen LogP contribution in [-0.2, 0) is 24.9 Å². The molecule has 0 bridgehead atoms. The number of likely N-dealkylation sites (tertiary alicyclic amines) is 1. The van der Waals surface area contributed by atoms with E-state index in [9.17, 15) is 0 Å². The predicted molar refractivity (Wildman–Crippen MR) is 93.7 cm³/mol. The lowest BCUT2D eigenvalue weighted by Gasteiger charge is -2.31. The Kier molecular flexibility index (Phi) is 4.67. The van der Waals surface area contributed by atoms with Gasteiger partial charge in [-0.05, 0) is 13.0 Å². The number of nitrogens with zero attached hydrogens (tertiary/aromatic N) is 5. The Morgan fingerprint density at radius 3 is 2.79 bits per heavy atom. The van der Waals surface area contributed by atoms with Crippen LogP contribution in [-0.4, -0.2) is 63.7 Å². The summed E-state index contributed by atoms with van der Waals surface area (Å²) in [6, 6.07) is 0. The van der Waals surface area contributed by atoms with Gasteiger partial charge in [-0.25, -0.2) is 9.97 Å². The molecule has 2 aromatic heterocycles. The molecule has 0 amide bonds. The van der Waals surface area contributed by atoms with Crippen molar-refractivity contribution in [3.8, 4) is 0 Å². The molecule has 0 aliphatic carbocycles. The lowest BCUT2D eigenvalue weighted by molar-refractivity contribution is 0.0703. The van der Waals surface area contributed by atoms with Crippen molar-refractivity contribution in [2.24, 2.45) is 12.5 Å². The van der Waals surface area contributed by atoms with Crippen LogP contribution in [0.1, 0.15) is 17.3 Å². The molecule has 2 aliphatic rings. The van der Waals surface area contributed by atoms with E-state index in [2.05, 4.69) is 36.8 Å². The number of thiazole rings is 1. The maximum absolute atomic E-state index is 5.98. The molecule has 0 saturated carbocycles. The van der Waals surface area contributed by atoms with Gasteiger partial charge in [-0.1, -0.05) is 0 Å². The Hall–Kier alpha value is -1.28. The van der Waals surface area contributed by atoms with Crippen LogP contribution in [0.15, 0.2) is 24.0 Å². The molecule has 4 heterocycles. The van der Waals surface area contributed by atoms with Gasteiger partial charge in [0.25, 0.3) is 0 Å². The van der Waals surface area contributed by atoms with Crippen LogP contribution in [0.2, 0.25) is 0 Å². The molecule has 130 valence electrons. The summed E-state index contributed by atoms with van der Waals surface area (Å²) in [6.45, 7) is 7.89. The van der Waals surface area contributed by atoms with Crippen molar-refractivity contribution in [3.63, 3.8) is 0 Å². The maximum atomic E-state index is 5.98. The summed E-state index contributed by atoms with van der Waals surface area (Å²) in [5.41, 5.74) is 0.249. The van der Waals surface area contributed by atoms with E-state index in [0.717, 1.165) is 58.3 Å². The van der Waals surface area contributed by atoms with Crippen molar-refractivity contribution >= 4 is 11.3 Å². The van der Waals surface area contributed by atoms with Crippen LogP contribution in [0.3, 0.4) is 0 Å². The quantitative estimate of drug-likeness (QED) is 0.841. The Bertz CT molecular complexity index is 658. The average Bonchev–Trinajstić information content (AvgIpc) is 3.26. The van der Waals surface area contributed by atoms with E-state index >= 15 is 0 Å². The van der Waals surface area contributed by atoms with Gasteiger partial charge in [-0.3, -0.25) is 9.80 Å². The summed E-state index contributed by atoms with van der Waals surface area (Å²) in [6.07, 6.45) is 7.00. The predicted octanol–water partition coefficient (Wildman–Crippen LogP) is 1.60. The highest BCUT2D eigenvalue weighted by molar-refractivity contribution is 7.09. The van der Waals surface area contributed by atoms with Crippen molar-refractivity contribution in [1.29, 1.82) is 0 Å². The lowest BCUT2D eigenvalue weighted by Crippen LogP contribution is -2.40. The van der Waals surface area contributed by atoms with Crippen molar-refractivity contribution in [2.75, 3.05) is 39.4 Å². The summed E-state index contributed by atoms with van der Waals surface area (Å²) in [5, 5.41) is 3.26. The molecule has 0 aromatic carbocycles. The molecule has 0 radical (unpaired) electrons. The van der Waals surface area contributed by atoms with Gasteiger partial charge in [0.05, 0.1) is 26.3 Å². The number of imidazole rings is 1. The summed E-state index contributed by atoms with van der Waals surface area (Å²) in [5.74, 6) is 1.14. The van der Waals surface area contributed by atoms with E-state index in [4.69, 9.17) is 4.74 Å². The standard InChI is InChI=1S/C17H25N5OS/c1-20-6-3-18-15(20)10-21-5-2-17(12-21)13-22(7-8-23-14-17)11-16-19-4-9-24-16/h3-4,6,9H,2,5,7-8,10-14H2,1H3/t17-/m1/s1. The zero-order chi connectivity index (χ0) is 16.4. The smallest absolute Gasteiger partial charge is 0.122 e. The fourth-order valence-electron chi connectivity index (χ4n) is 3.90. The molecule has 7 heteroatoms. The minimum Gasteiger partial charge on any atom is -0.379 e. The molecule has 0 N–H and O–H groups in total. The molecule has 1 atom stereocenters. The Morgan fingerprint density at radius 2 is 2.04 bits per heavy atom. The molecular weight excluding hydrogens is 322 g/mol. The highest BCUT2D eigenvalue weighted by Gasteiger charge is 2.41. The van der Waals surface area contributed by atoms with Crippen LogP contribution in [0.4, 0.5) is 0 Å². The number of ether oxygens (including phenoxy) is 1. The van der Waals surface area contributed by atoms with Crippen LogP contribution in [0, 0.1) is 5.41 Å². The Labute approximate surface area is 147 Å². The van der Waals surface area contributed by atoms with Gasteiger partial charge in [0.1, 0.15) is 10.8 Å². The van der Waals surface area contributed by atoms with Crippen LogP contribution < -0.4 is 0 Å². The third kappa shape index (κ3) is 3.54. The van der Waals surface area contributed by atoms with Crippen molar-refractivity contribution in [3.05, 3.63) is 34.8 Å². The fraction of sp³-hybridized carbons (Fsp3) is 0.647. The number of aromatic nitrogens is 3. The second-order valence-electron chi connectivity index (χ2n) is 7.10. The molecule has 2 saturated heterocycles. The molecule has 1 spiro atoms. The third-order valence-electron chi connectivity index (χ3n) is 5.16. The first-order valence-electron chi connectivity index (χ1n) is 8.60. The molecule has 24 heavy (non-hydrogen) atoms. The normalized spacial score (nSPS) is 26.2. The first kappa shape index (κ1) is 16.2. The molecule has 2 aromatic rings. The first-order valence-corrected chi connectivity index (χ1v) is 9.47. The molecule has 6 nitrogen and oxygen atoms in total. The largest absolute Gasteiger partial charge is 0.379 e. The number of hydrogen-bond donors (Lipinski definition) is 0. The SMILES string of the molecule is Cn1ccnc1CN1CC[C@@]2(COCCN(Cc3nccs3)C2)C1. The van der Waals surface area contributed by atoms with Crippen molar-refractivity contribution in [1.82, 2.24) is 24.3 Å². The Morgan fingerprint density at radius 1 is 1.17 bits per heavy atom. The van der Waals surface area contributed by atoms with E-state index in [0.29, 0.717) is 0 Å². The van der Waals surface area contributed by atoms with Crippen molar-refractivity contribution in [2.45, 2.75) is 19.5 Å². The maximum Gasteiger partial charge on any atom is 0.122 e. The van der Waals surface area contributed by atoms with Crippen LogP contribution in [0.25, 0.3) is 0 Å². The molecule has 2 aliphatic heterocycles. The molecule has 4 rings (SSSR count). The minimum absolute atomic E-state index is 0.249. The topological polar surface area (TPSA) is 46.4 Å². The van der Waals surface area contributed by atoms with Gasteiger partial charge in [-0.2, -0.15) is 0 Å². The van der Waals surface area contributed by atoms with Gasteiger partial charge < -0.3 is 9.30 Å². The summed E-state index contributed by atoms with van der Waals surface area (Å²) < 4.78 is 8.10. The van der Waals surface area contributed by atoms with E-state index < -0.39 is 0 Å². The third-order valence-corrected chi connectivity index (χ3v) is 5.93. The number of aryl methyl sites for hydroxylation is 1. The molecular formula is C17H25N5OS. The summed E-state index contributed by atoms with van der Waals surface area (Å²) in [7, 11) is 2.07. The summed E-state index contributed by atoms with van der Waals surface area (Å²) >= 11 is 1.74. The van der Waals surface area contributed by atoms with E-state index in [-0.39, 0.29) is 5.41 Å². The lowest BCUT2D eigenvalue weighted by atomic mass is 9.87. The van der Waals surface area contributed by atoms with Crippen molar-refractivity contribution < 1.29 is 4.74 Å². The van der Waals surface area contributed by atoms with E-state index in [1.807, 2.05) is 18.6 Å². The minimum atomic E-state index is 0.249. The zero-order valence-electron chi connectivity index (χ0n) is 14.2. The van der Waals surface area contributed by atoms with E-state index in [1.54, 1.807) is 11.3 Å². The zero-order valence-corrected chi connectivity index (χ0v) is 15.0. The van der Waals surface area contributed by atoms with Gasteiger partial charge >= 0.3 is 0 Å². The summed E-state index contributed by atoms with van der Waals surface area (Å²) in [4.78, 5) is 14.0. The second kappa shape index (κ2) is 6.92. The van der Waals surface area contributed by atoms with Gasteiger partial charge in [0, 0.05) is 56.1 Å². The second-order valence-corrected chi connectivity index (χ2v) is 8.08. The first-order chi connectivity index (χ1) is 11.7. The van der Waals surface area contributed by atoms with Gasteiger partial charge in [0.2, 0.25) is 0 Å². The monoisotopic (exact) mass is 347 g/mol. The Balaban J connectivity index is 1.41. The van der Waals surface area contributed by atoms with E-state index in [1.165, 1.54) is 11.4 Å². The molecule has 2 fully saturated rings. The van der Waals surface area contributed by atoms with Crippen LogP contribution >= 0.6 is 11.3 Å². The van der Waals surface area contributed by atoms with Crippen LogP contribution in [0.5, 0.6) is 0 Å². The fourth-order valence-corrected chi connectivity index (χ4v) is 4.55. The van der Waals surface area contributed by atoms with Gasteiger partial charge in [0.15, 0.2) is 0 Å². The average molecular weight is 347 g/mol. The molecule has 0 unspecified atom stereocenters. The number of rotatable bonds is 4. The van der Waals surface area contributed by atoms with Gasteiger partial charge in [-0.15, -0.1) is 11.3 Å². The highest BCUT2D eigenvalue weighted by atomic mass is 32.1.